The van der Waals surface area contributed by atoms with Crippen LogP contribution in [-0.2, 0) is 0 Å². The number of carbonyl (C=O) groups is 2. The number of benzene rings is 1. The molecule has 0 amide bonds. The van der Waals surface area contributed by atoms with Gasteiger partial charge in [-0.25, -0.2) is 4.79 Å². The van der Waals surface area contributed by atoms with Crippen LogP contribution in [0.1, 0.15) is 26.3 Å². The van der Waals surface area contributed by atoms with Gasteiger partial charge in [0.25, 0.3) is 0 Å². The molecule has 0 saturated carbocycles. The van der Waals surface area contributed by atoms with E-state index >= 15 is 0 Å². The van der Waals surface area contributed by atoms with Crippen LogP contribution in [0.25, 0.3) is 0 Å². The highest BCUT2D eigenvalue weighted by Gasteiger charge is 2.12. The molecular formula is C10H10O4. The second kappa shape index (κ2) is 3.91. The van der Waals surface area contributed by atoms with Crippen molar-refractivity contribution in [1.82, 2.24) is 0 Å². The molecule has 0 spiro atoms. The molecule has 0 fully saturated rings. The van der Waals surface area contributed by atoms with Crippen molar-refractivity contribution in [2.24, 2.45) is 0 Å². The van der Waals surface area contributed by atoms with Gasteiger partial charge in [-0.3, -0.25) is 4.79 Å². The second-order valence-electron chi connectivity index (χ2n) is 2.83. The third kappa shape index (κ3) is 1.74. The van der Waals surface area contributed by atoms with E-state index in [1.54, 1.807) is 6.92 Å². The quantitative estimate of drug-likeness (QED) is 0.741. The number of methoxy groups -OCH3 is 1. The van der Waals surface area contributed by atoms with E-state index in [0.29, 0.717) is 17.6 Å². The molecule has 0 heterocycles. The van der Waals surface area contributed by atoms with Crippen LogP contribution >= 0.6 is 0 Å². The van der Waals surface area contributed by atoms with Crippen molar-refractivity contribution in [1.29, 1.82) is 0 Å². The number of hydrogen-bond acceptors (Lipinski definition) is 3. The number of hydrogen-bond donors (Lipinski definition) is 1. The third-order valence-corrected chi connectivity index (χ3v) is 1.92. The summed E-state index contributed by atoms with van der Waals surface area (Å²) in [5.74, 6) is -0.602. The normalized spacial score (nSPS) is 9.57. The zero-order chi connectivity index (χ0) is 10.7. The summed E-state index contributed by atoms with van der Waals surface area (Å²) in [4.78, 5) is 21.3. The Balaban J connectivity index is 3.38. The Hall–Kier alpha value is -1.84. The number of ether oxygens (including phenoxy) is 1. The Kier molecular flexibility index (Phi) is 2.86. The summed E-state index contributed by atoms with van der Waals surface area (Å²) in [7, 11) is 1.47. The lowest BCUT2D eigenvalue weighted by atomic mass is 10.0. The van der Waals surface area contributed by atoms with Crippen LogP contribution < -0.4 is 4.74 Å². The lowest BCUT2D eigenvalue weighted by Crippen LogP contribution is -2.03. The molecule has 4 heteroatoms. The van der Waals surface area contributed by atoms with Gasteiger partial charge in [-0.15, -0.1) is 0 Å². The Morgan fingerprint density at radius 1 is 1.50 bits per heavy atom. The highest BCUT2D eigenvalue weighted by molar-refractivity contribution is 5.97. The SMILES string of the molecule is COc1cc(C=O)c(C(=O)O)cc1C. The summed E-state index contributed by atoms with van der Waals surface area (Å²) in [6.07, 6.45) is 0.505. The average molecular weight is 194 g/mol. The molecule has 0 radical (unpaired) electrons. The van der Waals surface area contributed by atoms with E-state index in [1.807, 2.05) is 0 Å². The number of aromatic carboxylic acids is 1. The van der Waals surface area contributed by atoms with E-state index < -0.39 is 5.97 Å². The number of aryl methyl sites for hydroxylation is 1. The number of carboxylic acid groups (broad SMARTS) is 1. The minimum Gasteiger partial charge on any atom is -0.496 e. The predicted molar refractivity (Wildman–Crippen MR) is 50.1 cm³/mol. The molecule has 74 valence electrons. The lowest BCUT2D eigenvalue weighted by molar-refractivity contribution is 0.0694. The van der Waals surface area contributed by atoms with Crippen LogP contribution in [0.15, 0.2) is 12.1 Å². The summed E-state index contributed by atoms with van der Waals surface area (Å²) in [6, 6.07) is 2.84. The van der Waals surface area contributed by atoms with Gasteiger partial charge in [0.05, 0.1) is 12.7 Å². The molecule has 1 aromatic rings. The van der Waals surface area contributed by atoms with Gasteiger partial charge in [0.15, 0.2) is 6.29 Å². The number of aldehydes is 1. The van der Waals surface area contributed by atoms with Crippen LogP contribution in [0.5, 0.6) is 5.75 Å². The second-order valence-corrected chi connectivity index (χ2v) is 2.83. The molecule has 0 aliphatic carbocycles. The molecule has 0 unspecified atom stereocenters. The van der Waals surface area contributed by atoms with Gasteiger partial charge in [-0.1, -0.05) is 0 Å². The summed E-state index contributed by atoms with van der Waals surface area (Å²) in [5, 5.41) is 8.79. The minimum absolute atomic E-state index is 0.00157. The molecule has 0 aliphatic rings. The summed E-state index contributed by atoms with van der Waals surface area (Å²) < 4.78 is 4.97. The summed E-state index contributed by atoms with van der Waals surface area (Å²) in [6.45, 7) is 1.72. The van der Waals surface area contributed by atoms with Crippen molar-refractivity contribution >= 4 is 12.3 Å². The summed E-state index contributed by atoms with van der Waals surface area (Å²) >= 11 is 0. The maximum atomic E-state index is 10.7. The third-order valence-electron chi connectivity index (χ3n) is 1.92. The van der Waals surface area contributed by atoms with Crippen molar-refractivity contribution in [2.45, 2.75) is 6.92 Å². The fourth-order valence-corrected chi connectivity index (χ4v) is 1.21. The molecule has 14 heavy (non-hydrogen) atoms. The van der Waals surface area contributed by atoms with Gasteiger partial charge < -0.3 is 9.84 Å². The van der Waals surface area contributed by atoms with Gasteiger partial charge in [-0.2, -0.15) is 0 Å². The molecule has 0 aromatic heterocycles. The number of rotatable bonds is 3. The molecule has 1 N–H and O–H groups in total. The van der Waals surface area contributed by atoms with Gasteiger partial charge >= 0.3 is 5.97 Å². The van der Waals surface area contributed by atoms with Crippen LogP contribution in [0, 0.1) is 6.92 Å². The van der Waals surface area contributed by atoms with Crippen molar-refractivity contribution < 1.29 is 19.4 Å². The topological polar surface area (TPSA) is 63.6 Å². The highest BCUT2D eigenvalue weighted by Crippen LogP contribution is 2.21. The van der Waals surface area contributed by atoms with Crippen LogP contribution in [0.4, 0.5) is 0 Å². The van der Waals surface area contributed by atoms with Gasteiger partial charge in [0.1, 0.15) is 5.75 Å². The minimum atomic E-state index is -1.11. The highest BCUT2D eigenvalue weighted by atomic mass is 16.5. The fraction of sp³-hybridized carbons (Fsp3) is 0.200. The smallest absolute Gasteiger partial charge is 0.336 e. The largest absolute Gasteiger partial charge is 0.496 e. The molecular weight excluding hydrogens is 184 g/mol. The van der Waals surface area contributed by atoms with Gasteiger partial charge in [-0.05, 0) is 24.6 Å². The molecule has 0 atom stereocenters. The van der Waals surface area contributed by atoms with E-state index in [2.05, 4.69) is 0 Å². The molecule has 4 nitrogen and oxygen atoms in total. The lowest BCUT2D eigenvalue weighted by Gasteiger charge is -2.07. The fourth-order valence-electron chi connectivity index (χ4n) is 1.21. The van der Waals surface area contributed by atoms with Crippen LogP contribution in [-0.4, -0.2) is 24.5 Å². The van der Waals surface area contributed by atoms with Gasteiger partial charge in [0.2, 0.25) is 0 Å². The zero-order valence-corrected chi connectivity index (χ0v) is 7.90. The van der Waals surface area contributed by atoms with Gasteiger partial charge in [0, 0.05) is 5.56 Å². The van der Waals surface area contributed by atoms with Crippen LogP contribution in [0.3, 0.4) is 0 Å². The predicted octanol–water partition coefficient (Wildman–Crippen LogP) is 1.51. The Bertz CT molecular complexity index is 382. The van der Waals surface area contributed by atoms with E-state index in [4.69, 9.17) is 9.84 Å². The van der Waals surface area contributed by atoms with Crippen molar-refractivity contribution in [3.63, 3.8) is 0 Å². The van der Waals surface area contributed by atoms with E-state index in [1.165, 1.54) is 19.2 Å². The maximum Gasteiger partial charge on any atom is 0.336 e. The van der Waals surface area contributed by atoms with Crippen molar-refractivity contribution in [3.8, 4) is 5.75 Å². The average Bonchev–Trinajstić information content (AvgIpc) is 2.17. The monoisotopic (exact) mass is 194 g/mol. The first-order chi connectivity index (χ1) is 6.60. The first kappa shape index (κ1) is 10.2. The molecule has 1 rings (SSSR count). The van der Waals surface area contributed by atoms with Crippen molar-refractivity contribution in [3.05, 3.63) is 28.8 Å². The Morgan fingerprint density at radius 2 is 2.14 bits per heavy atom. The molecule has 0 saturated heterocycles. The Labute approximate surface area is 81.1 Å². The van der Waals surface area contributed by atoms with Crippen molar-refractivity contribution in [2.75, 3.05) is 7.11 Å². The first-order valence-corrected chi connectivity index (χ1v) is 3.97. The van der Waals surface area contributed by atoms with E-state index in [-0.39, 0.29) is 11.1 Å². The first-order valence-electron chi connectivity index (χ1n) is 3.97. The standard InChI is InChI=1S/C10H10O4/c1-6-3-8(10(12)13)7(5-11)4-9(6)14-2/h3-5H,1-2H3,(H,12,13). The zero-order valence-electron chi connectivity index (χ0n) is 7.90. The number of carboxylic acids is 1. The molecule has 0 aliphatic heterocycles. The summed E-state index contributed by atoms with van der Waals surface area (Å²) in [5.41, 5.74) is 0.814. The van der Waals surface area contributed by atoms with Crippen LogP contribution in [0.2, 0.25) is 0 Å². The van der Waals surface area contributed by atoms with E-state index in [0.717, 1.165) is 0 Å². The Morgan fingerprint density at radius 3 is 2.57 bits per heavy atom. The molecule has 0 bridgehead atoms. The number of carbonyl (C=O) groups excluding carboxylic acids is 1. The molecule has 1 aromatic carbocycles. The van der Waals surface area contributed by atoms with E-state index in [9.17, 15) is 9.59 Å². The maximum absolute atomic E-state index is 10.7.